The van der Waals surface area contributed by atoms with Crippen molar-refractivity contribution in [2.45, 2.75) is 19.8 Å². The first kappa shape index (κ1) is 19.4. The van der Waals surface area contributed by atoms with Crippen molar-refractivity contribution >= 4 is 23.5 Å². The Morgan fingerprint density at radius 2 is 1.92 bits per heavy atom. The van der Waals surface area contributed by atoms with Gasteiger partial charge in [-0.05, 0) is 25.8 Å². The lowest BCUT2D eigenvalue weighted by Gasteiger charge is -2.31. The summed E-state index contributed by atoms with van der Waals surface area (Å²) in [7, 11) is 1.41. The van der Waals surface area contributed by atoms with Crippen molar-refractivity contribution in [3.05, 3.63) is 39.4 Å². The number of benzene rings is 1. The minimum Gasteiger partial charge on any atom is -0.481 e. The molecule has 140 valence electrons. The molecule has 1 fully saturated rings. The third-order valence-corrected chi connectivity index (χ3v) is 4.57. The first-order valence-electron chi connectivity index (χ1n) is 8.22. The Labute approximate surface area is 150 Å². The molecule has 0 saturated carbocycles. The maximum Gasteiger partial charge on any atom is 0.306 e. The monoisotopic (exact) mass is 363 g/mol. The number of carbonyl (C=O) groups excluding carboxylic acids is 2. The number of carbonyl (C=O) groups is 3. The Bertz CT molecular complexity index is 740. The number of likely N-dealkylation sites (N-methyl/N-ethyl adjacent to an activating group) is 1. The molecule has 2 amide bonds. The number of rotatable bonds is 5. The number of carboxylic acids is 1. The van der Waals surface area contributed by atoms with Crippen molar-refractivity contribution in [1.82, 2.24) is 9.80 Å². The summed E-state index contributed by atoms with van der Waals surface area (Å²) in [6.07, 6.45) is 0.754. The number of likely N-dealkylation sites (tertiary alicyclic amines) is 1. The molecule has 0 atom stereocenters. The Morgan fingerprint density at radius 3 is 2.46 bits per heavy atom. The number of hydrogen-bond acceptors (Lipinski definition) is 5. The van der Waals surface area contributed by atoms with Crippen LogP contribution < -0.4 is 0 Å². The van der Waals surface area contributed by atoms with Gasteiger partial charge in [-0.15, -0.1) is 0 Å². The highest BCUT2D eigenvalue weighted by Crippen LogP contribution is 2.24. The van der Waals surface area contributed by atoms with Crippen molar-refractivity contribution < 1.29 is 24.4 Å². The van der Waals surface area contributed by atoms with Crippen molar-refractivity contribution in [3.63, 3.8) is 0 Å². The average molecular weight is 363 g/mol. The largest absolute Gasteiger partial charge is 0.481 e. The lowest BCUT2D eigenvalue weighted by Crippen LogP contribution is -2.45. The summed E-state index contributed by atoms with van der Waals surface area (Å²) in [4.78, 5) is 49.2. The van der Waals surface area contributed by atoms with Crippen LogP contribution in [-0.4, -0.2) is 64.3 Å². The highest BCUT2D eigenvalue weighted by atomic mass is 16.6. The lowest BCUT2D eigenvalue weighted by atomic mass is 9.97. The average Bonchev–Trinajstić information content (AvgIpc) is 2.60. The first-order chi connectivity index (χ1) is 12.2. The normalized spacial score (nSPS) is 14.8. The second-order valence-electron chi connectivity index (χ2n) is 6.38. The van der Waals surface area contributed by atoms with Gasteiger partial charge in [0.25, 0.3) is 11.6 Å². The zero-order valence-electron chi connectivity index (χ0n) is 14.7. The van der Waals surface area contributed by atoms with Gasteiger partial charge in [-0.3, -0.25) is 24.5 Å². The molecule has 1 aliphatic rings. The zero-order valence-corrected chi connectivity index (χ0v) is 14.7. The van der Waals surface area contributed by atoms with Gasteiger partial charge >= 0.3 is 5.97 Å². The van der Waals surface area contributed by atoms with Gasteiger partial charge in [0.05, 0.1) is 17.4 Å². The van der Waals surface area contributed by atoms with E-state index in [0.29, 0.717) is 31.5 Å². The minimum atomic E-state index is -0.865. The van der Waals surface area contributed by atoms with Gasteiger partial charge in [0.15, 0.2) is 0 Å². The van der Waals surface area contributed by atoms with Crippen LogP contribution >= 0.6 is 0 Å². The molecule has 0 aromatic heterocycles. The molecule has 1 saturated heterocycles. The minimum absolute atomic E-state index is 0.0603. The fourth-order valence-electron chi connectivity index (χ4n) is 3.03. The van der Waals surface area contributed by atoms with Crippen LogP contribution in [0.3, 0.4) is 0 Å². The molecular weight excluding hydrogens is 342 g/mol. The molecule has 9 nitrogen and oxygen atoms in total. The fourth-order valence-corrected chi connectivity index (χ4v) is 3.03. The van der Waals surface area contributed by atoms with Gasteiger partial charge in [-0.25, -0.2) is 0 Å². The number of nitro benzene ring substituents is 1. The lowest BCUT2D eigenvalue weighted by molar-refractivity contribution is -0.385. The summed E-state index contributed by atoms with van der Waals surface area (Å²) in [5, 5.41) is 20.2. The Morgan fingerprint density at radius 1 is 1.31 bits per heavy atom. The quantitative estimate of drug-likeness (QED) is 0.622. The van der Waals surface area contributed by atoms with E-state index in [9.17, 15) is 24.5 Å². The van der Waals surface area contributed by atoms with Crippen LogP contribution in [0, 0.1) is 23.0 Å². The van der Waals surface area contributed by atoms with E-state index in [1.807, 2.05) is 0 Å². The van der Waals surface area contributed by atoms with Crippen molar-refractivity contribution in [2.75, 3.05) is 26.7 Å². The van der Waals surface area contributed by atoms with Crippen LogP contribution in [0.15, 0.2) is 18.2 Å². The summed E-state index contributed by atoms with van der Waals surface area (Å²) < 4.78 is 0. The highest BCUT2D eigenvalue weighted by Gasteiger charge is 2.29. The second kappa shape index (κ2) is 7.94. The fraction of sp³-hybridized carbons (Fsp3) is 0.471. The van der Waals surface area contributed by atoms with E-state index in [4.69, 9.17) is 5.11 Å². The van der Waals surface area contributed by atoms with Crippen LogP contribution in [0.5, 0.6) is 0 Å². The molecule has 26 heavy (non-hydrogen) atoms. The molecule has 0 unspecified atom stereocenters. The number of aryl methyl sites for hydroxylation is 1. The van der Waals surface area contributed by atoms with E-state index in [1.165, 1.54) is 18.0 Å². The maximum absolute atomic E-state index is 12.6. The summed E-state index contributed by atoms with van der Waals surface area (Å²) in [6, 6.07) is 4.47. The van der Waals surface area contributed by atoms with Crippen LogP contribution in [0.2, 0.25) is 0 Å². The number of aliphatic carboxylic acids is 1. The predicted octanol–water partition coefficient (Wildman–Crippen LogP) is 1.30. The van der Waals surface area contributed by atoms with Crippen molar-refractivity contribution in [3.8, 4) is 0 Å². The molecule has 0 spiro atoms. The molecular formula is C17H21N3O6. The third-order valence-electron chi connectivity index (χ3n) is 4.57. The third kappa shape index (κ3) is 4.16. The number of amides is 2. The second-order valence-corrected chi connectivity index (χ2v) is 6.38. The number of para-hydroxylation sites is 1. The Hall–Kier alpha value is -2.97. The number of nitrogens with zero attached hydrogens (tertiary/aromatic N) is 3. The SMILES string of the molecule is Cc1cccc(C(=O)N(C)CC(=O)N2CCC(C(=O)O)CC2)c1[N+](=O)[O-]. The predicted molar refractivity (Wildman–Crippen MR) is 91.7 cm³/mol. The van der Waals surface area contributed by atoms with Gasteiger partial charge in [0.1, 0.15) is 5.56 Å². The molecule has 1 aliphatic heterocycles. The molecule has 2 rings (SSSR count). The van der Waals surface area contributed by atoms with Crippen LogP contribution in [0.1, 0.15) is 28.8 Å². The van der Waals surface area contributed by atoms with Crippen LogP contribution in [0.4, 0.5) is 5.69 Å². The van der Waals surface area contributed by atoms with Gasteiger partial charge in [0.2, 0.25) is 5.91 Å². The number of nitro groups is 1. The van der Waals surface area contributed by atoms with Crippen LogP contribution in [-0.2, 0) is 9.59 Å². The van der Waals surface area contributed by atoms with E-state index < -0.39 is 22.7 Å². The van der Waals surface area contributed by atoms with Gasteiger partial charge in [0, 0.05) is 25.7 Å². The number of piperidine rings is 1. The van der Waals surface area contributed by atoms with Gasteiger partial charge in [-0.1, -0.05) is 12.1 Å². The molecule has 0 radical (unpaired) electrons. The van der Waals surface area contributed by atoms with Gasteiger partial charge < -0.3 is 14.9 Å². The summed E-state index contributed by atoms with van der Waals surface area (Å²) >= 11 is 0. The Balaban J connectivity index is 2.04. The Kier molecular flexibility index (Phi) is 5.91. The van der Waals surface area contributed by atoms with E-state index in [-0.39, 0.29) is 23.7 Å². The zero-order chi connectivity index (χ0) is 19.4. The standard InChI is InChI=1S/C17H21N3O6/c1-11-4-3-5-13(15(11)20(25)26)16(22)18(2)10-14(21)19-8-6-12(7-9-19)17(23)24/h3-5,12H,6-10H2,1-2H3,(H,23,24). The van der Waals surface area contributed by atoms with Crippen molar-refractivity contribution in [1.29, 1.82) is 0 Å². The van der Waals surface area contributed by atoms with E-state index >= 15 is 0 Å². The molecule has 1 aromatic rings. The van der Waals surface area contributed by atoms with E-state index in [2.05, 4.69) is 0 Å². The number of carboxylic acid groups (broad SMARTS) is 1. The topological polar surface area (TPSA) is 121 Å². The molecule has 1 aromatic carbocycles. The summed E-state index contributed by atoms with van der Waals surface area (Å²) in [5.41, 5.74) is 0.0466. The highest BCUT2D eigenvalue weighted by molar-refractivity contribution is 6.00. The van der Waals surface area contributed by atoms with Crippen molar-refractivity contribution in [2.24, 2.45) is 5.92 Å². The van der Waals surface area contributed by atoms with E-state index in [1.54, 1.807) is 19.1 Å². The van der Waals surface area contributed by atoms with E-state index in [0.717, 1.165) is 4.90 Å². The first-order valence-corrected chi connectivity index (χ1v) is 8.22. The molecule has 1 heterocycles. The summed E-state index contributed by atoms with van der Waals surface area (Å²) in [5.74, 6) is -2.22. The smallest absolute Gasteiger partial charge is 0.306 e. The molecule has 9 heteroatoms. The number of hydrogen-bond donors (Lipinski definition) is 1. The van der Waals surface area contributed by atoms with Crippen LogP contribution in [0.25, 0.3) is 0 Å². The maximum atomic E-state index is 12.6. The molecule has 1 N–H and O–H groups in total. The molecule has 0 aliphatic carbocycles. The van der Waals surface area contributed by atoms with Gasteiger partial charge in [-0.2, -0.15) is 0 Å². The summed E-state index contributed by atoms with van der Waals surface area (Å²) in [6.45, 7) is 1.97. The molecule has 0 bridgehead atoms.